The van der Waals surface area contributed by atoms with Gasteiger partial charge in [0.15, 0.2) is 0 Å². The molecule has 0 atom stereocenters. The Hall–Kier alpha value is -3.94. The van der Waals surface area contributed by atoms with Crippen molar-refractivity contribution >= 4 is 12.1 Å². The molecule has 0 fully saturated rings. The maximum atomic E-state index is 14.7. The normalized spacial score (nSPS) is 12.7. The monoisotopic (exact) mass is 481 g/mol. The van der Waals surface area contributed by atoms with Gasteiger partial charge >= 0.3 is 12.1 Å². The molecule has 182 valence electrons. The molecule has 0 aliphatic carbocycles. The number of rotatable bonds is 7. The van der Waals surface area contributed by atoms with E-state index in [0.29, 0.717) is 52.2 Å². The molecule has 0 bridgehead atoms. The Balaban J connectivity index is 1.61. The number of hydrogen-bond acceptors (Lipinski definition) is 4. The number of amides is 1. The first-order valence-corrected chi connectivity index (χ1v) is 11.3. The first-order chi connectivity index (χ1) is 16.9. The van der Waals surface area contributed by atoms with Crippen molar-refractivity contribution in [3.8, 4) is 16.9 Å². The van der Waals surface area contributed by atoms with Crippen molar-refractivity contribution in [2.24, 2.45) is 0 Å². The van der Waals surface area contributed by atoms with Gasteiger partial charge in [-0.25, -0.2) is 13.6 Å². The minimum absolute atomic E-state index is 0.0739. The van der Waals surface area contributed by atoms with E-state index in [4.69, 9.17) is 14.6 Å². The van der Waals surface area contributed by atoms with Gasteiger partial charge in [0.25, 0.3) is 0 Å². The zero-order valence-electron chi connectivity index (χ0n) is 19.2. The Labute approximate surface area is 201 Å². The minimum Gasteiger partial charge on any atom is -0.493 e. The van der Waals surface area contributed by atoms with Crippen molar-refractivity contribution in [2.75, 3.05) is 13.2 Å². The molecule has 0 saturated carbocycles. The molecular weight excluding hydrogens is 456 g/mol. The lowest BCUT2D eigenvalue weighted by molar-refractivity contribution is -0.136. The minimum atomic E-state index is -0.952. The van der Waals surface area contributed by atoms with E-state index >= 15 is 0 Å². The van der Waals surface area contributed by atoms with E-state index in [1.165, 1.54) is 23.1 Å². The summed E-state index contributed by atoms with van der Waals surface area (Å²) in [6.45, 7) is 2.53. The predicted molar refractivity (Wildman–Crippen MR) is 125 cm³/mol. The lowest BCUT2D eigenvalue weighted by atomic mass is 9.90. The zero-order chi connectivity index (χ0) is 24.9. The van der Waals surface area contributed by atoms with Gasteiger partial charge in [-0.15, -0.1) is 0 Å². The van der Waals surface area contributed by atoms with Gasteiger partial charge in [0.1, 0.15) is 24.0 Å². The van der Waals surface area contributed by atoms with Crippen LogP contribution in [0.4, 0.5) is 13.6 Å². The average Bonchev–Trinajstić information content (AvgIpc) is 2.83. The van der Waals surface area contributed by atoms with E-state index in [0.717, 1.165) is 0 Å². The largest absolute Gasteiger partial charge is 0.493 e. The van der Waals surface area contributed by atoms with Crippen LogP contribution in [0.15, 0.2) is 54.6 Å². The third-order valence-corrected chi connectivity index (χ3v) is 5.86. The molecule has 0 unspecified atom stereocenters. The maximum Gasteiger partial charge on any atom is 0.410 e. The standard InChI is InChI=1S/C27H25F2NO5/c1-2-34-25-13-17(14-26(31)32)6-7-22(25)20-8-9-24(29)21-10-11-30(15-23(20)21)27(33)35-16-18-4-3-5-19(28)12-18/h3-9,12-13H,2,10-11,14-16H2,1H3,(H,31,32). The number of carbonyl (C=O) groups excluding carboxylic acids is 1. The van der Waals surface area contributed by atoms with E-state index in [1.807, 2.05) is 6.92 Å². The summed E-state index contributed by atoms with van der Waals surface area (Å²) in [5, 5.41) is 9.12. The third-order valence-electron chi connectivity index (χ3n) is 5.86. The SMILES string of the molecule is CCOc1cc(CC(=O)O)ccc1-c1ccc(F)c2c1CN(C(=O)OCc1cccc(F)c1)CC2. The molecule has 1 N–H and O–H groups in total. The van der Waals surface area contributed by atoms with Crippen LogP contribution in [0.25, 0.3) is 11.1 Å². The molecule has 1 aliphatic rings. The second-order valence-electron chi connectivity index (χ2n) is 8.24. The van der Waals surface area contributed by atoms with Gasteiger partial charge in [-0.3, -0.25) is 4.79 Å². The third kappa shape index (κ3) is 5.59. The number of carboxylic acid groups (broad SMARTS) is 1. The smallest absolute Gasteiger partial charge is 0.410 e. The van der Waals surface area contributed by atoms with E-state index in [2.05, 4.69) is 0 Å². The van der Waals surface area contributed by atoms with Crippen molar-refractivity contribution in [2.45, 2.75) is 32.9 Å². The summed E-state index contributed by atoms with van der Waals surface area (Å²) < 4.78 is 39.3. The van der Waals surface area contributed by atoms with Gasteiger partial charge in [0.2, 0.25) is 0 Å². The molecule has 6 nitrogen and oxygen atoms in total. The highest BCUT2D eigenvalue weighted by Crippen LogP contribution is 2.38. The van der Waals surface area contributed by atoms with Gasteiger partial charge in [0, 0.05) is 18.7 Å². The van der Waals surface area contributed by atoms with Crippen LogP contribution in [-0.4, -0.2) is 35.2 Å². The number of carboxylic acids is 1. The Kier molecular flexibility index (Phi) is 7.29. The molecule has 0 saturated heterocycles. The van der Waals surface area contributed by atoms with Crippen LogP contribution in [0, 0.1) is 11.6 Å². The summed E-state index contributed by atoms with van der Waals surface area (Å²) in [6.07, 6.45) is -0.408. The number of nitrogens with zero attached hydrogens (tertiary/aromatic N) is 1. The van der Waals surface area contributed by atoms with E-state index < -0.39 is 17.9 Å². The number of halogens is 2. The summed E-state index contributed by atoms with van der Waals surface area (Å²) in [5.41, 5.74) is 3.68. The van der Waals surface area contributed by atoms with Crippen molar-refractivity contribution in [1.82, 2.24) is 4.90 Å². The fourth-order valence-electron chi connectivity index (χ4n) is 4.25. The summed E-state index contributed by atoms with van der Waals surface area (Å²) in [7, 11) is 0. The molecule has 8 heteroatoms. The van der Waals surface area contributed by atoms with Crippen LogP contribution in [0.5, 0.6) is 5.75 Å². The number of fused-ring (bicyclic) bond motifs is 1. The van der Waals surface area contributed by atoms with Crippen LogP contribution in [-0.2, 0) is 35.5 Å². The molecule has 3 aromatic carbocycles. The molecule has 35 heavy (non-hydrogen) atoms. The van der Waals surface area contributed by atoms with Gasteiger partial charge in [0.05, 0.1) is 13.0 Å². The molecule has 1 aliphatic heterocycles. The molecule has 0 aromatic heterocycles. The maximum absolute atomic E-state index is 14.7. The topological polar surface area (TPSA) is 76.1 Å². The highest BCUT2D eigenvalue weighted by atomic mass is 19.1. The number of hydrogen-bond donors (Lipinski definition) is 1. The molecule has 1 heterocycles. The van der Waals surface area contributed by atoms with Crippen molar-refractivity contribution < 1.29 is 33.0 Å². The van der Waals surface area contributed by atoms with E-state index in [9.17, 15) is 18.4 Å². The lowest BCUT2D eigenvalue weighted by Crippen LogP contribution is -2.37. The first-order valence-electron chi connectivity index (χ1n) is 11.3. The molecule has 0 radical (unpaired) electrons. The van der Waals surface area contributed by atoms with Gasteiger partial charge in [-0.2, -0.15) is 0 Å². The highest BCUT2D eigenvalue weighted by Gasteiger charge is 2.27. The molecule has 3 aromatic rings. The van der Waals surface area contributed by atoms with Crippen molar-refractivity contribution in [3.05, 3.63) is 88.5 Å². The van der Waals surface area contributed by atoms with Gasteiger partial charge in [-0.05, 0) is 65.4 Å². The molecular formula is C27H25F2NO5. The summed E-state index contributed by atoms with van der Waals surface area (Å²) in [4.78, 5) is 25.4. The summed E-state index contributed by atoms with van der Waals surface area (Å²) in [6, 6.07) is 14.0. The van der Waals surface area contributed by atoms with Crippen molar-refractivity contribution in [1.29, 1.82) is 0 Å². The van der Waals surface area contributed by atoms with E-state index in [1.54, 1.807) is 36.4 Å². The number of aliphatic carboxylic acids is 1. The quantitative estimate of drug-likeness (QED) is 0.492. The fourth-order valence-corrected chi connectivity index (χ4v) is 4.25. The van der Waals surface area contributed by atoms with Crippen molar-refractivity contribution in [3.63, 3.8) is 0 Å². The summed E-state index contributed by atoms with van der Waals surface area (Å²) in [5.74, 6) is -1.22. The van der Waals surface area contributed by atoms with E-state index in [-0.39, 0.29) is 31.9 Å². The number of carbonyl (C=O) groups is 2. The zero-order valence-corrected chi connectivity index (χ0v) is 19.2. The summed E-state index contributed by atoms with van der Waals surface area (Å²) >= 11 is 0. The van der Waals surface area contributed by atoms with Crippen LogP contribution in [0.2, 0.25) is 0 Å². The van der Waals surface area contributed by atoms with Crippen LogP contribution in [0.1, 0.15) is 29.2 Å². The fraction of sp³-hybridized carbons (Fsp3) is 0.259. The Morgan fingerprint density at radius 1 is 1.00 bits per heavy atom. The Bertz CT molecular complexity index is 1260. The Morgan fingerprint density at radius 2 is 1.80 bits per heavy atom. The first kappa shape index (κ1) is 24.2. The highest BCUT2D eigenvalue weighted by molar-refractivity contribution is 5.78. The predicted octanol–water partition coefficient (Wildman–Crippen LogP) is 5.35. The van der Waals surface area contributed by atoms with Crippen LogP contribution < -0.4 is 4.74 Å². The lowest BCUT2D eigenvalue weighted by Gasteiger charge is -2.30. The molecule has 0 spiro atoms. The Morgan fingerprint density at radius 3 is 2.54 bits per heavy atom. The number of benzene rings is 3. The number of ether oxygens (including phenoxy) is 2. The van der Waals surface area contributed by atoms with Gasteiger partial charge in [-0.1, -0.05) is 30.3 Å². The average molecular weight is 481 g/mol. The second-order valence-corrected chi connectivity index (χ2v) is 8.24. The van der Waals surface area contributed by atoms with Gasteiger partial charge < -0.3 is 19.5 Å². The second kappa shape index (κ2) is 10.5. The van der Waals surface area contributed by atoms with Crippen LogP contribution >= 0.6 is 0 Å². The van der Waals surface area contributed by atoms with Crippen LogP contribution in [0.3, 0.4) is 0 Å². The molecule has 1 amide bonds. The molecule has 4 rings (SSSR count).